The summed E-state index contributed by atoms with van der Waals surface area (Å²) in [6.45, 7) is 8.27. The minimum atomic E-state index is -1.36. The van der Waals surface area contributed by atoms with Crippen LogP contribution >= 0.6 is 0 Å². The van der Waals surface area contributed by atoms with E-state index in [1.807, 2.05) is 47.4 Å². The molecule has 0 aromatic heterocycles. The largest absolute Gasteiger partial charge is 0.337 e. The summed E-state index contributed by atoms with van der Waals surface area (Å²) in [6, 6.07) is 28.8. The van der Waals surface area contributed by atoms with E-state index in [1.165, 1.54) is 5.56 Å². The maximum absolute atomic E-state index is 13.9. The van der Waals surface area contributed by atoms with Crippen molar-refractivity contribution in [1.82, 2.24) is 9.80 Å². The SMILES string of the molecule is CC1(c2ccccc2)COC2(OC1)C(=O)N(CN1CCN(Cc3ccccc3)CC1)c1ccccc12. The average Bonchev–Trinajstić information content (AvgIpc) is 3.15. The molecule has 186 valence electrons. The Labute approximate surface area is 213 Å². The molecular weight excluding hydrogens is 450 g/mol. The Hall–Kier alpha value is -3.03. The minimum Gasteiger partial charge on any atom is -0.337 e. The maximum atomic E-state index is 13.9. The predicted octanol–water partition coefficient (Wildman–Crippen LogP) is 3.97. The summed E-state index contributed by atoms with van der Waals surface area (Å²) in [7, 11) is 0. The molecule has 3 aliphatic rings. The molecule has 6 nitrogen and oxygen atoms in total. The summed E-state index contributed by atoms with van der Waals surface area (Å²) in [5.41, 5.74) is 3.89. The third-order valence-corrected chi connectivity index (χ3v) is 7.79. The van der Waals surface area contributed by atoms with Crippen molar-refractivity contribution in [2.24, 2.45) is 0 Å². The number of ether oxygens (including phenoxy) is 2. The molecule has 0 saturated carbocycles. The van der Waals surface area contributed by atoms with Gasteiger partial charge in [-0.2, -0.15) is 0 Å². The van der Waals surface area contributed by atoms with E-state index in [2.05, 4.69) is 59.2 Å². The molecule has 0 aliphatic carbocycles. The van der Waals surface area contributed by atoms with Gasteiger partial charge in [-0.3, -0.25) is 19.5 Å². The van der Waals surface area contributed by atoms with Crippen molar-refractivity contribution in [2.75, 3.05) is 51.0 Å². The van der Waals surface area contributed by atoms with Gasteiger partial charge in [-0.25, -0.2) is 0 Å². The number of rotatable bonds is 5. The molecule has 0 N–H and O–H groups in total. The van der Waals surface area contributed by atoms with Gasteiger partial charge in [-0.15, -0.1) is 0 Å². The number of fused-ring (bicyclic) bond motifs is 2. The normalized spacial score (nSPS) is 26.9. The first-order chi connectivity index (χ1) is 17.6. The average molecular weight is 484 g/mol. The highest BCUT2D eigenvalue weighted by Gasteiger charge is 2.57. The Morgan fingerprint density at radius 1 is 0.750 bits per heavy atom. The van der Waals surface area contributed by atoms with Crippen LogP contribution in [0, 0.1) is 0 Å². The summed E-state index contributed by atoms with van der Waals surface area (Å²) in [5.74, 6) is -1.48. The lowest BCUT2D eigenvalue weighted by Crippen LogP contribution is -2.56. The molecule has 6 rings (SSSR count). The third-order valence-electron chi connectivity index (χ3n) is 7.79. The zero-order valence-corrected chi connectivity index (χ0v) is 20.8. The van der Waals surface area contributed by atoms with Crippen molar-refractivity contribution < 1.29 is 14.3 Å². The molecule has 36 heavy (non-hydrogen) atoms. The van der Waals surface area contributed by atoms with Crippen LogP contribution in [0.4, 0.5) is 5.69 Å². The van der Waals surface area contributed by atoms with Crippen LogP contribution in [0.15, 0.2) is 84.9 Å². The Bertz CT molecular complexity index is 1200. The topological polar surface area (TPSA) is 45.3 Å². The lowest BCUT2D eigenvalue weighted by Gasteiger charge is -2.42. The molecule has 0 radical (unpaired) electrons. The molecule has 0 unspecified atom stereocenters. The molecule has 3 aromatic carbocycles. The second kappa shape index (κ2) is 9.45. The highest BCUT2D eigenvalue weighted by Crippen LogP contribution is 2.47. The zero-order chi connectivity index (χ0) is 24.6. The van der Waals surface area contributed by atoms with Gasteiger partial charge in [0.05, 0.1) is 25.6 Å². The number of carbonyl (C=O) groups is 1. The van der Waals surface area contributed by atoms with E-state index in [4.69, 9.17) is 9.47 Å². The summed E-state index contributed by atoms with van der Waals surface area (Å²) < 4.78 is 12.8. The summed E-state index contributed by atoms with van der Waals surface area (Å²) >= 11 is 0. The van der Waals surface area contributed by atoms with E-state index >= 15 is 0 Å². The lowest BCUT2D eigenvalue weighted by atomic mass is 9.83. The number of anilines is 1. The van der Waals surface area contributed by atoms with E-state index in [1.54, 1.807) is 0 Å². The number of amides is 1. The Morgan fingerprint density at radius 2 is 1.33 bits per heavy atom. The van der Waals surface area contributed by atoms with Gasteiger partial charge in [0.1, 0.15) is 0 Å². The van der Waals surface area contributed by atoms with Crippen LogP contribution < -0.4 is 4.90 Å². The number of hydrogen-bond acceptors (Lipinski definition) is 5. The van der Waals surface area contributed by atoms with Crippen molar-refractivity contribution in [3.05, 3.63) is 102 Å². The van der Waals surface area contributed by atoms with Crippen LogP contribution in [0.5, 0.6) is 0 Å². The minimum absolute atomic E-state index is 0.120. The third kappa shape index (κ3) is 4.14. The van der Waals surface area contributed by atoms with Gasteiger partial charge in [-0.1, -0.05) is 85.8 Å². The summed E-state index contributed by atoms with van der Waals surface area (Å²) in [5, 5.41) is 0. The molecule has 3 aromatic rings. The zero-order valence-electron chi connectivity index (χ0n) is 20.8. The van der Waals surface area contributed by atoms with Crippen LogP contribution in [0.2, 0.25) is 0 Å². The Morgan fingerprint density at radius 3 is 2.03 bits per heavy atom. The molecule has 2 fully saturated rings. The lowest BCUT2D eigenvalue weighted by molar-refractivity contribution is -0.276. The standard InChI is InChI=1S/C30H33N3O3/c1-29(25-12-6-3-7-13-25)21-35-30(36-22-29)26-14-8-9-15-27(26)33(28(30)34)23-32-18-16-31(17-19-32)20-24-10-4-2-5-11-24/h2-15H,16-23H2,1H3. The number of nitrogens with zero attached hydrogens (tertiary/aromatic N) is 3. The number of hydrogen-bond donors (Lipinski definition) is 0. The van der Waals surface area contributed by atoms with Gasteiger partial charge in [0.2, 0.25) is 0 Å². The van der Waals surface area contributed by atoms with Gasteiger partial charge >= 0.3 is 0 Å². The van der Waals surface area contributed by atoms with Gasteiger partial charge in [0.25, 0.3) is 11.7 Å². The second-order valence-electron chi connectivity index (χ2n) is 10.4. The Kier molecular flexibility index (Phi) is 6.13. The predicted molar refractivity (Wildman–Crippen MR) is 139 cm³/mol. The van der Waals surface area contributed by atoms with Crippen LogP contribution in [-0.4, -0.2) is 61.8 Å². The van der Waals surface area contributed by atoms with Crippen LogP contribution in [0.3, 0.4) is 0 Å². The fourth-order valence-corrected chi connectivity index (χ4v) is 5.55. The Balaban J connectivity index is 1.15. The van der Waals surface area contributed by atoms with Crippen molar-refractivity contribution >= 4 is 11.6 Å². The highest BCUT2D eigenvalue weighted by molar-refractivity contribution is 6.06. The molecule has 0 atom stereocenters. The molecule has 1 amide bonds. The van der Waals surface area contributed by atoms with E-state index in [0.29, 0.717) is 19.9 Å². The summed E-state index contributed by atoms with van der Waals surface area (Å²) in [6.07, 6.45) is 0. The number of piperazine rings is 1. The monoisotopic (exact) mass is 483 g/mol. The molecule has 3 heterocycles. The molecule has 0 bridgehead atoms. The fraction of sp³-hybridized carbons (Fsp3) is 0.367. The molecule has 1 spiro atoms. The quantitative estimate of drug-likeness (QED) is 0.550. The van der Waals surface area contributed by atoms with Crippen molar-refractivity contribution in [3.63, 3.8) is 0 Å². The molecule has 6 heteroatoms. The number of para-hydroxylation sites is 1. The second-order valence-corrected chi connectivity index (χ2v) is 10.4. The first-order valence-corrected chi connectivity index (χ1v) is 12.8. The molecule has 3 aliphatic heterocycles. The van der Waals surface area contributed by atoms with Gasteiger partial charge < -0.3 is 9.47 Å². The highest BCUT2D eigenvalue weighted by atomic mass is 16.7. The van der Waals surface area contributed by atoms with Crippen molar-refractivity contribution in [2.45, 2.75) is 24.7 Å². The van der Waals surface area contributed by atoms with Gasteiger partial charge in [0.15, 0.2) is 0 Å². The number of benzene rings is 3. The van der Waals surface area contributed by atoms with Crippen LogP contribution in [0.1, 0.15) is 23.6 Å². The first kappa shape index (κ1) is 23.4. The maximum Gasteiger partial charge on any atom is 0.293 e. The van der Waals surface area contributed by atoms with E-state index in [9.17, 15) is 4.79 Å². The van der Waals surface area contributed by atoms with Gasteiger partial charge in [-0.05, 0) is 17.2 Å². The van der Waals surface area contributed by atoms with Crippen molar-refractivity contribution in [1.29, 1.82) is 0 Å². The van der Waals surface area contributed by atoms with Crippen molar-refractivity contribution in [3.8, 4) is 0 Å². The van der Waals surface area contributed by atoms with Crippen LogP contribution in [0.25, 0.3) is 0 Å². The molecular formula is C30H33N3O3. The van der Waals surface area contributed by atoms with E-state index in [0.717, 1.165) is 49.5 Å². The van der Waals surface area contributed by atoms with E-state index in [-0.39, 0.29) is 11.3 Å². The smallest absolute Gasteiger partial charge is 0.293 e. The number of carbonyl (C=O) groups excluding carboxylic acids is 1. The van der Waals surface area contributed by atoms with Gasteiger partial charge in [0, 0.05) is 43.7 Å². The fourth-order valence-electron chi connectivity index (χ4n) is 5.55. The first-order valence-electron chi connectivity index (χ1n) is 12.8. The molecule has 2 saturated heterocycles. The van der Waals surface area contributed by atoms with E-state index < -0.39 is 5.79 Å². The van der Waals surface area contributed by atoms with Crippen LogP contribution in [-0.2, 0) is 32.0 Å². The summed E-state index contributed by atoms with van der Waals surface area (Å²) in [4.78, 5) is 20.6.